The summed E-state index contributed by atoms with van der Waals surface area (Å²) in [7, 11) is 1.66. The van der Waals surface area contributed by atoms with Crippen molar-refractivity contribution in [3.05, 3.63) is 29.8 Å². The number of hydrogen-bond acceptors (Lipinski definition) is 2. The molecule has 0 saturated heterocycles. The molecule has 0 bridgehead atoms. The Bertz CT molecular complexity index is 316. The lowest BCUT2D eigenvalue weighted by Crippen LogP contribution is -1.99. The molecule has 0 saturated carbocycles. The zero-order valence-electron chi connectivity index (χ0n) is 6.91. The molecule has 0 amide bonds. The Labute approximate surface area is 71.4 Å². The van der Waals surface area contributed by atoms with Gasteiger partial charge in [-0.15, -0.1) is 0 Å². The van der Waals surface area contributed by atoms with Crippen LogP contribution in [0.3, 0.4) is 0 Å². The number of fused-ring (bicyclic) bond motifs is 1. The largest absolute Gasteiger partial charge is 0.497 e. The minimum Gasteiger partial charge on any atom is -0.497 e. The van der Waals surface area contributed by atoms with Crippen LogP contribution in [0.2, 0.25) is 0 Å². The summed E-state index contributed by atoms with van der Waals surface area (Å²) in [5.74, 6) is 1.79. The molecule has 2 nitrogen and oxygen atoms in total. The van der Waals surface area contributed by atoms with Crippen LogP contribution in [-0.4, -0.2) is 13.7 Å². The molecule has 1 heterocycles. The van der Waals surface area contributed by atoms with Crippen LogP contribution in [0.15, 0.2) is 24.3 Å². The zero-order chi connectivity index (χ0) is 8.39. The van der Waals surface area contributed by atoms with Gasteiger partial charge in [0.1, 0.15) is 18.1 Å². The van der Waals surface area contributed by atoms with Gasteiger partial charge in [0.15, 0.2) is 0 Å². The number of hydrogen-bond donors (Lipinski definition) is 0. The fourth-order valence-corrected chi connectivity index (χ4v) is 1.23. The van der Waals surface area contributed by atoms with Gasteiger partial charge in [-0.05, 0) is 24.3 Å². The first-order chi connectivity index (χ1) is 5.90. The lowest BCUT2D eigenvalue weighted by atomic mass is 10.1. The molecule has 12 heavy (non-hydrogen) atoms. The van der Waals surface area contributed by atoms with Gasteiger partial charge in [0.05, 0.1) is 7.11 Å². The minimum atomic E-state index is 0.666. The molecule has 0 unspecified atom stereocenters. The average Bonchev–Trinajstić information content (AvgIpc) is 2.17. The van der Waals surface area contributed by atoms with Crippen molar-refractivity contribution in [2.75, 3.05) is 13.7 Å². The third-order valence-electron chi connectivity index (χ3n) is 1.85. The molecule has 2 heteroatoms. The van der Waals surface area contributed by atoms with E-state index in [4.69, 9.17) is 9.47 Å². The van der Waals surface area contributed by atoms with E-state index in [-0.39, 0.29) is 0 Å². The Morgan fingerprint density at radius 3 is 3.17 bits per heavy atom. The lowest BCUT2D eigenvalue weighted by Gasteiger charge is -2.12. The second-order valence-electron chi connectivity index (χ2n) is 2.62. The molecular formula is C10H10O2. The second kappa shape index (κ2) is 2.89. The molecule has 0 atom stereocenters. The van der Waals surface area contributed by atoms with Crippen LogP contribution in [0.4, 0.5) is 0 Å². The Morgan fingerprint density at radius 1 is 1.42 bits per heavy atom. The van der Waals surface area contributed by atoms with Gasteiger partial charge in [-0.1, -0.05) is 6.08 Å². The highest BCUT2D eigenvalue weighted by atomic mass is 16.5. The minimum absolute atomic E-state index is 0.666. The Hall–Kier alpha value is -1.44. The molecule has 0 aromatic heterocycles. The fraction of sp³-hybridized carbons (Fsp3) is 0.200. The molecule has 2 rings (SSSR count). The molecule has 0 spiro atoms. The van der Waals surface area contributed by atoms with Crippen LogP contribution in [-0.2, 0) is 0 Å². The van der Waals surface area contributed by atoms with E-state index in [0.29, 0.717) is 6.61 Å². The van der Waals surface area contributed by atoms with Crippen molar-refractivity contribution in [3.8, 4) is 11.5 Å². The highest BCUT2D eigenvalue weighted by molar-refractivity contribution is 5.61. The molecule has 62 valence electrons. The topological polar surface area (TPSA) is 18.5 Å². The standard InChI is InChI=1S/C10H10O2/c1-11-9-4-5-10-8(7-9)3-2-6-12-10/h2-5,7H,6H2,1H3. The van der Waals surface area contributed by atoms with E-state index in [0.717, 1.165) is 17.1 Å². The van der Waals surface area contributed by atoms with Gasteiger partial charge in [0, 0.05) is 5.56 Å². The summed E-state index contributed by atoms with van der Waals surface area (Å²) < 4.78 is 10.5. The first-order valence-electron chi connectivity index (χ1n) is 3.87. The molecule has 1 aromatic carbocycles. The van der Waals surface area contributed by atoms with Crippen LogP contribution in [0, 0.1) is 0 Å². The van der Waals surface area contributed by atoms with Gasteiger partial charge in [-0.2, -0.15) is 0 Å². The Balaban J connectivity index is 2.44. The number of benzene rings is 1. The van der Waals surface area contributed by atoms with Crippen molar-refractivity contribution < 1.29 is 9.47 Å². The number of rotatable bonds is 1. The molecule has 1 aromatic rings. The van der Waals surface area contributed by atoms with Crippen molar-refractivity contribution in [1.82, 2.24) is 0 Å². The normalized spacial score (nSPS) is 13.4. The van der Waals surface area contributed by atoms with Gasteiger partial charge in [-0.3, -0.25) is 0 Å². The summed E-state index contributed by atoms with van der Waals surface area (Å²) in [6.07, 6.45) is 4.03. The smallest absolute Gasteiger partial charge is 0.127 e. The first kappa shape index (κ1) is 7.22. The van der Waals surface area contributed by atoms with E-state index in [1.807, 2.05) is 30.4 Å². The second-order valence-corrected chi connectivity index (χ2v) is 2.62. The molecule has 0 radical (unpaired) electrons. The third-order valence-corrected chi connectivity index (χ3v) is 1.85. The molecule has 0 aliphatic carbocycles. The summed E-state index contributed by atoms with van der Waals surface area (Å²) in [4.78, 5) is 0. The maximum atomic E-state index is 5.38. The monoisotopic (exact) mass is 162 g/mol. The van der Waals surface area contributed by atoms with Crippen molar-refractivity contribution in [3.63, 3.8) is 0 Å². The molecule has 1 aliphatic rings. The summed E-state index contributed by atoms with van der Waals surface area (Å²) in [5.41, 5.74) is 1.08. The van der Waals surface area contributed by atoms with Crippen molar-refractivity contribution in [2.45, 2.75) is 0 Å². The van der Waals surface area contributed by atoms with Crippen molar-refractivity contribution in [2.24, 2.45) is 0 Å². The molecule has 0 N–H and O–H groups in total. The number of ether oxygens (including phenoxy) is 2. The van der Waals surface area contributed by atoms with E-state index in [2.05, 4.69) is 0 Å². The van der Waals surface area contributed by atoms with Gasteiger partial charge in [0.25, 0.3) is 0 Å². The van der Waals surface area contributed by atoms with E-state index in [9.17, 15) is 0 Å². The van der Waals surface area contributed by atoms with Crippen molar-refractivity contribution in [1.29, 1.82) is 0 Å². The van der Waals surface area contributed by atoms with Crippen molar-refractivity contribution >= 4 is 6.08 Å². The van der Waals surface area contributed by atoms with Gasteiger partial charge in [-0.25, -0.2) is 0 Å². The summed E-state index contributed by atoms with van der Waals surface area (Å²) >= 11 is 0. The quantitative estimate of drug-likeness (QED) is 0.629. The predicted octanol–water partition coefficient (Wildman–Crippen LogP) is 2.10. The van der Waals surface area contributed by atoms with E-state index < -0.39 is 0 Å². The van der Waals surface area contributed by atoms with Crippen LogP contribution in [0.5, 0.6) is 11.5 Å². The van der Waals surface area contributed by atoms with Crippen LogP contribution < -0.4 is 9.47 Å². The SMILES string of the molecule is COc1ccc2c(c1)C=CCO2. The Morgan fingerprint density at radius 2 is 2.33 bits per heavy atom. The van der Waals surface area contributed by atoms with Gasteiger partial charge < -0.3 is 9.47 Å². The highest BCUT2D eigenvalue weighted by Crippen LogP contribution is 2.27. The zero-order valence-corrected chi connectivity index (χ0v) is 6.91. The van der Waals surface area contributed by atoms with Gasteiger partial charge >= 0.3 is 0 Å². The van der Waals surface area contributed by atoms with Crippen LogP contribution >= 0.6 is 0 Å². The Kier molecular flexibility index (Phi) is 1.74. The highest BCUT2D eigenvalue weighted by Gasteiger charge is 2.05. The third kappa shape index (κ3) is 1.16. The van der Waals surface area contributed by atoms with Gasteiger partial charge in [0.2, 0.25) is 0 Å². The molecular weight excluding hydrogens is 152 g/mol. The average molecular weight is 162 g/mol. The van der Waals surface area contributed by atoms with E-state index in [1.54, 1.807) is 7.11 Å². The summed E-state index contributed by atoms with van der Waals surface area (Å²) in [5, 5.41) is 0. The lowest BCUT2D eigenvalue weighted by molar-refractivity contribution is 0.356. The maximum Gasteiger partial charge on any atom is 0.127 e. The molecule has 1 aliphatic heterocycles. The van der Waals surface area contributed by atoms with E-state index in [1.165, 1.54) is 0 Å². The first-order valence-corrected chi connectivity index (χ1v) is 3.87. The van der Waals surface area contributed by atoms with Crippen LogP contribution in [0.25, 0.3) is 6.08 Å². The predicted molar refractivity (Wildman–Crippen MR) is 47.5 cm³/mol. The van der Waals surface area contributed by atoms with E-state index >= 15 is 0 Å². The van der Waals surface area contributed by atoms with Crippen LogP contribution in [0.1, 0.15) is 5.56 Å². The fourth-order valence-electron chi connectivity index (χ4n) is 1.23. The number of methoxy groups -OCH3 is 1. The summed E-state index contributed by atoms with van der Waals surface area (Å²) in [6, 6.07) is 5.79. The molecule has 0 fully saturated rings. The maximum absolute atomic E-state index is 5.38. The summed E-state index contributed by atoms with van der Waals surface area (Å²) in [6.45, 7) is 0.666.